The number of fused-ring (bicyclic) bond motifs is 4. The number of hydrogen-bond acceptors (Lipinski definition) is 3. The molecule has 3 heterocycles. The predicted octanol–water partition coefficient (Wildman–Crippen LogP) is 32.4. The average molecular weight is 1540 g/mol. The normalized spacial score (nSPS) is 11.6. The molecule has 0 saturated carbocycles. The molecule has 0 bridgehead atoms. The Kier molecular flexibility index (Phi) is 17.2. The molecule has 0 atom stereocenters. The van der Waals surface area contributed by atoms with Gasteiger partial charge >= 0.3 is 0 Å². The summed E-state index contributed by atoms with van der Waals surface area (Å²) < 4.78 is 11.3. The second-order valence-corrected chi connectivity index (χ2v) is 31.5. The van der Waals surface area contributed by atoms with Crippen molar-refractivity contribution in [3.05, 3.63) is 461 Å². The molecule has 5 heteroatoms. The van der Waals surface area contributed by atoms with Gasteiger partial charge in [0.25, 0.3) is 0 Å². The van der Waals surface area contributed by atoms with Gasteiger partial charge in [-0.15, -0.1) is 0 Å². The molecular formula is C116H76N4O. The number of para-hydroxylation sites is 1. The summed E-state index contributed by atoms with van der Waals surface area (Å²) in [6, 6.07) is 167. The summed E-state index contributed by atoms with van der Waals surface area (Å²) >= 11 is 0. The highest BCUT2D eigenvalue weighted by Gasteiger charge is 2.23. The van der Waals surface area contributed by atoms with Crippen molar-refractivity contribution in [3.8, 4) is 89.3 Å². The van der Waals surface area contributed by atoms with Crippen LogP contribution in [0.2, 0.25) is 0 Å². The van der Waals surface area contributed by atoms with E-state index in [9.17, 15) is 0 Å². The number of hydrogen-bond donors (Lipinski definition) is 0. The fourth-order valence-electron chi connectivity index (χ4n) is 18.7. The molecule has 0 spiro atoms. The molecule has 566 valence electrons. The third-order valence-electron chi connectivity index (χ3n) is 24.5. The lowest BCUT2D eigenvalue weighted by Crippen LogP contribution is -2.10. The minimum absolute atomic E-state index is 0.865. The zero-order chi connectivity index (χ0) is 79.9. The molecule has 21 aromatic carbocycles. The molecule has 0 aliphatic heterocycles. The number of furan rings is 1. The third-order valence-corrected chi connectivity index (χ3v) is 24.5. The van der Waals surface area contributed by atoms with E-state index in [1.165, 1.54) is 137 Å². The van der Waals surface area contributed by atoms with Crippen molar-refractivity contribution in [2.75, 3.05) is 9.80 Å². The van der Waals surface area contributed by atoms with Crippen LogP contribution in [-0.4, -0.2) is 9.13 Å². The Bertz CT molecular complexity index is 7840. The van der Waals surface area contributed by atoms with Gasteiger partial charge in [0.05, 0.1) is 22.1 Å². The number of rotatable bonds is 15. The first-order valence-corrected chi connectivity index (χ1v) is 41.5. The second kappa shape index (κ2) is 29.6. The van der Waals surface area contributed by atoms with Gasteiger partial charge in [-0.1, -0.05) is 328 Å². The van der Waals surface area contributed by atoms with Crippen molar-refractivity contribution in [2.24, 2.45) is 0 Å². The Balaban J connectivity index is 0.000000141. The number of benzene rings is 21. The largest absolute Gasteiger partial charge is 0.456 e. The molecule has 5 nitrogen and oxygen atoms in total. The van der Waals surface area contributed by atoms with Crippen LogP contribution in [0, 0.1) is 0 Å². The Morgan fingerprint density at radius 1 is 0.165 bits per heavy atom. The quantitative estimate of drug-likeness (QED) is 0.0958. The molecular weight excluding hydrogens is 1470 g/mol. The summed E-state index contributed by atoms with van der Waals surface area (Å²) in [4.78, 5) is 4.71. The van der Waals surface area contributed by atoms with Crippen LogP contribution in [0.3, 0.4) is 0 Å². The van der Waals surface area contributed by atoms with Crippen LogP contribution >= 0.6 is 0 Å². The topological polar surface area (TPSA) is 29.5 Å². The first kappa shape index (κ1) is 70.3. The molecule has 24 aromatic rings. The minimum atomic E-state index is 0.865. The smallest absolute Gasteiger partial charge is 0.137 e. The van der Waals surface area contributed by atoms with Crippen molar-refractivity contribution >= 4 is 132 Å². The van der Waals surface area contributed by atoms with E-state index in [4.69, 9.17) is 4.42 Å². The predicted molar refractivity (Wildman–Crippen MR) is 511 cm³/mol. The number of anilines is 6. The molecule has 24 rings (SSSR count). The lowest BCUT2D eigenvalue weighted by atomic mass is 9.98. The fraction of sp³-hybridized carbons (Fsp3) is 0. The Hall–Kier alpha value is -16.1. The highest BCUT2D eigenvalue weighted by Crippen LogP contribution is 2.47. The highest BCUT2D eigenvalue weighted by atomic mass is 16.3. The van der Waals surface area contributed by atoms with E-state index in [0.717, 1.165) is 84.1 Å². The van der Waals surface area contributed by atoms with E-state index in [1.807, 2.05) is 12.1 Å². The molecule has 0 saturated heterocycles. The standard InChI is InChI=1S/C60H40N2.C56H36N2O/c1-2-11-41(12-3-1)42-25-27-43(28-26-42)44-31-35-51(36-32-44)61(52-37-33-46(34-38-52)56-22-8-14-45-13-4-5-21-55(45)56)53-19-6-17-49(39-53)50-18-7-20-54(40-50)62-57-23-9-15-47-29-30-48-16-10-24-58(62)60(48)59(47)57;1-2-10-37(11-3-1)38-22-24-39(25-23-38)40-28-30-45(31-29-40)57(48-32-33-50-49-18-4-5-21-53(49)59-54(50)36-48)46-16-6-14-43(34-46)44-15-7-17-47(35-44)58-51-19-8-12-41-26-27-42-13-9-20-52(58)56(42)55(41)51/h1-40H;1-36H. The van der Waals surface area contributed by atoms with Crippen LogP contribution in [0.4, 0.5) is 34.1 Å². The van der Waals surface area contributed by atoms with Crippen LogP contribution < -0.4 is 9.80 Å². The Morgan fingerprint density at radius 3 is 0.909 bits per heavy atom. The molecule has 0 radical (unpaired) electrons. The van der Waals surface area contributed by atoms with Gasteiger partial charge in [-0.3, -0.25) is 0 Å². The molecule has 0 fully saturated rings. The van der Waals surface area contributed by atoms with Crippen molar-refractivity contribution in [2.45, 2.75) is 0 Å². The van der Waals surface area contributed by atoms with Crippen LogP contribution in [0.25, 0.3) is 187 Å². The molecule has 0 amide bonds. The van der Waals surface area contributed by atoms with Crippen LogP contribution in [0.5, 0.6) is 0 Å². The molecule has 0 aliphatic carbocycles. The lowest BCUT2D eigenvalue weighted by Gasteiger charge is -2.26. The zero-order valence-electron chi connectivity index (χ0n) is 66.1. The third kappa shape index (κ3) is 12.6. The van der Waals surface area contributed by atoms with E-state index >= 15 is 0 Å². The van der Waals surface area contributed by atoms with E-state index in [2.05, 4.69) is 468 Å². The average Bonchev–Trinajstić information content (AvgIpc) is 1.57. The van der Waals surface area contributed by atoms with Crippen molar-refractivity contribution in [1.29, 1.82) is 0 Å². The number of aromatic nitrogens is 2. The highest BCUT2D eigenvalue weighted by molar-refractivity contribution is 6.25. The van der Waals surface area contributed by atoms with Gasteiger partial charge in [0.2, 0.25) is 0 Å². The SMILES string of the molecule is c1ccc(-c2ccc(-c3ccc(N(c4ccc(-c5cccc6ccccc56)cc4)c4cccc(-c5cccc(-n6c7cccc8ccc9cccc6c9c87)c5)c4)cc3)cc2)cc1.c1ccc(-c2ccc(-c3ccc(N(c4cccc(-c5cccc(-n6c7cccc8ccc9cccc6c9c87)c5)c4)c4ccc5c(c4)oc4ccccc45)cc3)cc2)cc1. The molecule has 0 unspecified atom stereocenters. The fourth-order valence-corrected chi connectivity index (χ4v) is 18.7. The van der Waals surface area contributed by atoms with Gasteiger partial charge in [-0.2, -0.15) is 0 Å². The summed E-state index contributed by atoms with van der Waals surface area (Å²) in [6.45, 7) is 0. The maximum absolute atomic E-state index is 6.42. The van der Waals surface area contributed by atoms with Gasteiger partial charge in [-0.05, 0) is 238 Å². The monoisotopic (exact) mass is 1540 g/mol. The summed E-state index contributed by atoms with van der Waals surface area (Å²) in [7, 11) is 0. The van der Waals surface area contributed by atoms with Crippen molar-refractivity contribution in [1.82, 2.24) is 9.13 Å². The lowest BCUT2D eigenvalue weighted by molar-refractivity contribution is 0.669. The van der Waals surface area contributed by atoms with Gasteiger partial charge in [-0.25, -0.2) is 0 Å². The van der Waals surface area contributed by atoms with Crippen LogP contribution in [0.1, 0.15) is 0 Å². The van der Waals surface area contributed by atoms with Crippen LogP contribution in [0.15, 0.2) is 465 Å². The van der Waals surface area contributed by atoms with E-state index in [-0.39, 0.29) is 0 Å². The van der Waals surface area contributed by atoms with E-state index in [1.54, 1.807) is 0 Å². The Labute approximate surface area is 700 Å². The van der Waals surface area contributed by atoms with E-state index < -0.39 is 0 Å². The van der Waals surface area contributed by atoms with Gasteiger partial charge in [0, 0.05) is 83.9 Å². The number of nitrogens with zero attached hydrogens (tertiary/aromatic N) is 4. The van der Waals surface area contributed by atoms with Crippen molar-refractivity contribution in [3.63, 3.8) is 0 Å². The first-order chi connectivity index (χ1) is 60.0. The van der Waals surface area contributed by atoms with Crippen LogP contribution in [-0.2, 0) is 0 Å². The van der Waals surface area contributed by atoms with E-state index in [0.29, 0.717) is 0 Å². The minimum Gasteiger partial charge on any atom is -0.456 e. The second-order valence-electron chi connectivity index (χ2n) is 31.5. The molecule has 0 aliphatic rings. The first-order valence-electron chi connectivity index (χ1n) is 41.5. The van der Waals surface area contributed by atoms with Gasteiger partial charge in [0.15, 0.2) is 0 Å². The summed E-state index contributed by atoms with van der Waals surface area (Å²) in [6.07, 6.45) is 0. The Morgan fingerprint density at radius 2 is 0.463 bits per heavy atom. The molecule has 3 aromatic heterocycles. The zero-order valence-corrected chi connectivity index (χ0v) is 66.1. The maximum Gasteiger partial charge on any atom is 0.137 e. The van der Waals surface area contributed by atoms with Crippen molar-refractivity contribution < 1.29 is 4.42 Å². The maximum atomic E-state index is 6.42. The van der Waals surface area contributed by atoms with Gasteiger partial charge < -0.3 is 23.4 Å². The summed E-state index contributed by atoms with van der Waals surface area (Å²) in [5.74, 6) is 0. The summed E-state index contributed by atoms with van der Waals surface area (Å²) in [5.41, 5.74) is 32.0. The molecule has 0 N–H and O–H groups in total. The van der Waals surface area contributed by atoms with Gasteiger partial charge in [0.1, 0.15) is 11.2 Å². The molecule has 121 heavy (non-hydrogen) atoms. The summed E-state index contributed by atoms with van der Waals surface area (Å²) in [5, 5.41) is 15.1.